The number of hydrogen-bond donors (Lipinski definition) is 0. The van der Waals surface area contributed by atoms with Crippen LogP contribution in [0.25, 0.3) is 0 Å². The van der Waals surface area contributed by atoms with Gasteiger partial charge in [-0.05, 0) is 36.6 Å². The lowest BCUT2D eigenvalue weighted by atomic mass is 10.1. The smallest absolute Gasteiger partial charge is 0.314 e. The van der Waals surface area contributed by atoms with Gasteiger partial charge in [0, 0.05) is 24.4 Å². The summed E-state index contributed by atoms with van der Waals surface area (Å²) in [5.74, 6) is -0.179. The van der Waals surface area contributed by atoms with Crippen LogP contribution in [0.2, 0.25) is 0 Å². The predicted octanol–water partition coefficient (Wildman–Crippen LogP) is 2.82. The summed E-state index contributed by atoms with van der Waals surface area (Å²) < 4.78 is 24.7. The maximum absolute atomic E-state index is 13.3. The maximum Gasteiger partial charge on any atom is 0.325 e. The molecule has 2 saturated heterocycles. The van der Waals surface area contributed by atoms with Gasteiger partial charge in [-0.3, -0.25) is 15.0 Å². The van der Waals surface area contributed by atoms with Crippen LogP contribution in [0.4, 0.5) is 16.2 Å². The molecule has 9 heteroatoms. The van der Waals surface area contributed by atoms with E-state index in [0.717, 1.165) is 11.1 Å². The van der Waals surface area contributed by atoms with Gasteiger partial charge in [-0.2, -0.15) is 0 Å². The zero-order chi connectivity index (χ0) is 20.9. The molecule has 0 bridgehead atoms. The van der Waals surface area contributed by atoms with E-state index in [1.807, 2.05) is 32.0 Å². The molecule has 0 aliphatic carbocycles. The molecule has 2 amide bonds. The van der Waals surface area contributed by atoms with Crippen LogP contribution in [0.15, 0.2) is 42.5 Å². The van der Waals surface area contributed by atoms with Crippen LogP contribution in [0, 0.1) is 24.0 Å². The Kier molecular flexibility index (Phi) is 4.57. The molecule has 2 heterocycles. The van der Waals surface area contributed by atoms with Crippen molar-refractivity contribution in [2.75, 3.05) is 16.4 Å². The fraction of sp³-hybridized carbons (Fsp3) is 0.350. The van der Waals surface area contributed by atoms with E-state index in [1.165, 1.54) is 17.0 Å². The predicted molar refractivity (Wildman–Crippen MR) is 109 cm³/mol. The average molecular weight is 415 g/mol. The maximum atomic E-state index is 13.3. The van der Waals surface area contributed by atoms with Gasteiger partial charge in [0.05, 0.1) is 28.5 Å². The molecule has 2 atom stereocenters. The van der Waals surface area contributed by atoms with Crippen molar-refractivity contribution >= 4 is 27.2 Å². The number of sulfone groups is 1. The number of hydrogen-bond acceptors (Lipinski definition) is 5. The Morgan fingerprint density at radius 3 is 2.55 bits per heavy atom. The van der Waals surface area contributed by atoms with Crippen LogP contribution >= 0.6 is 0 Å². The minimum absolute atomic E-state index is 0.0591. The normalized spacial score (nSPS) is 22.8. The third-order valence-corrected chi connectivity index (χ3v) is 7.27. The summed E-state index contributed by atoms with van der Waals surface area (Å²) in [4.78, 5) is 27.1. The number of fused-ring (bicyclic) bond motifs is 1. The third kappa shape index (κ3) is 3.46. The molecule has 152 valence electrons. The van der Waals surface area contributed by atoms with Gasteiger partial charge < -0.3 is 4.90 Å². The topological polar surface area (TPSA) is 101 Å². The number of urea groups is 1. The highest BCUT2D eigenvalue weighted by Gasteiger charge is 2.54. The highest BCUT2D eigenvalue weighted by atomic mass is 32.2. The average Bonchev–Trinajstić information content (AvgIpc) is 3.08. The molecule has 0 saturated carbocycles. The number of benzene rings is 2. The van der Waals surface area contributed by atoms with Crippen LogP contribution < -0.4 is 4.90 Å². The van der Waals surface area contributed by atoms with Gasteiger partial charge in [-0.15, -0.1) is 0 Å². The lowest BCUT2D eigenvalue weighted by Crippen LogP contribution is -2.38. The summed E-state index contributed by atoms with van der Waals surface area (Å²) >= 11 is 0. The lowest BCUT2D eigenvalue weighted by molar-refractivity contribution is -0.384. The number of aryl methyl sites for hydroxylation is 2. The minimum Gasteiger partial charge on any atom is -0.314 e. The number of carbonyl (C=O) groups is 1. The molecule has 2 aliphatic rings. The van der Waals surface area contributed by atoms with Crippen LogP contribution in [0.1, 0.15) is 16.7 Å². The number of nitro groups is 1. The van der Waals surface area contributed by atoms with Crippen LogP contribution in [-0.2, 0) is 16.4 Å². The van der Waals surface area contributed by atoms with Gasteiger partial charge in [0.15, 0.2) is 9.84 Å². The molecule has 8 nitrogen and oxygen atoms in total. The zero-order valence-corrected chi connectivity index (χ0v) is 16.9. The van der Waals surface area contributed by atoms with E-state index in [4.69, 9.17) is 0 Å². The molecule has 29 heavy (non-hydrogen) atoms. The summed E-state index contributed by atoms with van der Waals surface area (Å²) in [5.41, 5.74) is 3.12. The Balaban J connectivity index is 1.73. The largest absolute Gasteiger partial charge is 0.325 e. The number of nitrogens with zero attached hydrogens (tertiary/aromatic N) is 3. The third-order valence-electron chi connectivity index (χ3n) is 5.58. The second-order valence-electron chi connectivity index (χ2n) is 7.71. The monoisotopic (exact) mass is 415 g/mol. The fourth-order valence-electron chi connectivity index (χ4n) is 4.19. The molecule has 4 rings (SSSR count). The van der Waals surface area contributed by atoms with Crippen molar-refractivity contribution in [1.29, 1.82) is 0 Å². The van der Waals surface area contributed by atoms with Gasteiger partial charge in [-0.1, -0.05) is 24.3 Å². The quantitative estimate of drug-likeness (QED) is 0.434. The van der Waals surface area contributed by atoms with Gasteiger partial charge in [0.25, 0.3) is 5.69 Å². The van der Waals surface area contributed by atoms with Gasteiger partial charge in [0.2, 0.25) is 0 Å². The summed E-state index contributed by atoms with van der Waals surface area (Å²) in [5, 5.41) is 11.1. The van der Waals surface area contributed by atoms with E-state index in [9.17, 15) is 23.3 Å². The number of non-ortho nitro benzene ring substituents is 1. The summed E-state index contributed by atoms with van der Waals surface area (Å²) in [6.07, 6.45) is 0. The summed E-state index contributed by atoms with van der Waals surface area (Å²) in [6, 6.07) is 10.6. The number of amides is 2. The highest BCUT2D eigenvalue weighted by Crippen LogP contribution is 2.37. The van der Waals surface area contributed by atoms with E-state index in [-0.39, 0.29) is 29.8 Å². The fourth-order valence-corrected chi connectivity index (χ4v) is 6.14. The molecule has 0 unspecified atom stereocenters. The summed E-state index contributed by atoms with van der Waals surface area (Å²) in [7, 11) is -3.28. The Labute approximate surface area is 168 Å². The van der Waals surface area contributed by atoms with Crippen molar-refractivity contribution in [3.63, 3.8) is 0 Å². The first-order chi connectivity index (χ1) is 13.7. The molecule has 0 N–H and O–H groups in total. The lowest BCUT2D eigenvalue weighted by Gasteiger charge is -2.24. The second-order valence-corrected chi connectivity index (χ2v) is 9.86. The highest BCUT2D eigenvalue weighted by molar-refractivity contribution is 7.91. The minimum atomic E-state index is -3.28. The molecule has 0 spiro atoms. The molecule has 2 aliphatic heterocycles. The van der Waals surface area contributed by atoms with E-state index in [1.54, 1.807) is 17.0 Å². The van der Waals surface area contributed by atoms with Crippen molar-refractivity contribution in [2.45, 2.75) is 32.5 Å². The van der Waals surface area contributed by atoms with Crippen LogP contribution in [0.5, 0.6) is 0 Å². The van der Waals surface area contributed by atoms with Crippen molar-refractivity contribution in [2.24, 2.45) is 0 Å². The van der Waals surface area contributed by atoms with Gasteiger partial charge >= 0.3 is 6.03 Å². The Morgan fingerprint density at radius 2 is 1.83 bits per heavy atom. The molecular weight excluding hydrogens is 394 g/mol. The van der Waals surface area contributed by atoms with Crippen molar-refractivity contribution in [1.82, 2.24) is 4.90 Å². The molecule has 0 aromatic heterocycles. The van der Waals surface area contributed by atoms with Crippen LogP contribution in [-0.4, -0.2) is 47.9 Å². The molecular formula is C20H21N3O5S. The Morgan fingerprint density at radius 1 is 1.10 bits per heavy atom. The molecule has 2 aromatic carbocycles. The second kappa shape index (κ2) is 6.84. The standard InChI is InChI=1S/C20H21N3O5S/c1-13-6-7-14(2)17(8-13)22-19-12-29(27,28)11-18(19)21(20(22)24)10-15-4-3-5-16(9-15)23(25)26/h3-9,18-19H,10-12H2,1-2H3/t18-,19+/m0/s1. The van der Waals surface area contributed by atoms with E-state index in [2.05, 4.69) is 0 Å². The summed E-state index contributed by atoms with van der Waals surface area (Å²) in [6.45, 7) is 3.94. The number of carbonyl (C=O) groups excluding carboxylic acids is 1. The first-order valence-corrected chi connectivity index (χ1v) is 11.1. The van der Waals surface area contributed by atoms with Crippen molar-refractivity contribution in [3.8, 4) is 0 Å². The number of nitro benzene ring substituents is 1. The zero-order valence-electron chi connectivity index (χ0n) is 16.1. The van der Waals surface area contributed by atoms with Crippen LogP contribution in [0.3, 0.4) is 0 Å². The van der Waals surface area contributed by atoms with Gasteiger partial charge in [0.1, 0.15) is 0 Å². The Bertz CT molecular complexity index is 1110. The van der Waals surface area contributed by atoms with Gasteiger partial charge in [-0.25, -0.2) is 13.2 Å². The van der Waals surface area contributed by atoms with E-state index >= 15 is 0 Å². The molecule has 2 aromatic rings. The van der Waals surface area contributed by atoms with Crippen molar-refractivity contribution in [3.05, 3.63) is 69.3 Å². The first-order valence-electron chi connectivity index (χ1n) is 9.27. The Hall–Kier alpha value is -2.94. The van der Waals surface area contributed by atoms with E-state index in [0.29, 0.717) is 11.3 Å². The van der Waals surface area contributed by atoms with E-state index < -0.39 is 26.8 Å². The van der Waals surface area contributed by atoms with Crippen molar-refractivity contribution < 1.29 is 18.1 Å². The first kappa shape index (κ1) is 19.4. The molecule has 0 radical (unpaired) electrons. The number of anilines is 1. The number of rotatable bonds is 4. The SMILES string of the molecule is Cc1ccc(C)c(N2C(=O)N(Cc3cccc([N+](=O)[O-])c3)[C@H]3CS(=O)(=O)C[C@H]32)c1. The molecule has 2 fully saturated rings.